The molecule has 0 radical (unpaired) electrons. The van der Waals surface area contributed by atoms with E-state index in [1.165, 1.54) is 11.1 Å². The molecular weight excluding hydrogens is 279 g/mol. The molecule has 0 saturated carbocycles. The number of nitrogens with one attached hydrogen (secondary N) is 1. The molecule has 0 bridgehead atoms. The van der Waals surface area contributed by atoms with Gasteiger partial charge in [0.2, 0.25) is 0 Å². The lowest BCUT2D eigenvalue weighted by atomic mass is 10.1. The van der Waals surface area contributed by atoms with Crippen LogP contribution in [0.4, 0.5) is 18.9 Å². The van der Waals surface area contributed by atoms with Crippen LogP contribution in [0, 0.1) is 5.92 Å². The van der Waals surface area contributed by atoms with Crippen LogP contribution in [-0.2, 0) is 0 Å². The van der Waals surface area contributed by atoms with Crippen LogP contribution in [0.1, 0.15) is 6.42 Å². The number of alkyl halides is 3. The van der Waals surface area contributed by atoms with E-state index in [1.54, 1.807) is 12.3 Å². The fourth-order valence-corrected chi connectivity index (χ4v) is 2.44. The van der Waals surface area contributed by atoms with Gasteiger partial charge in [-0.05, 0) is 24.9 Å². The highest BCUT2D eigenvalue weighted by molar-refractivity contribution is 6.33. The van der Waals surface area contributed by atoms with Gasteiger partial charge >= 0.3 is 6.18 Å². The first kappa shape index (κ1) is 14.4. The lowest BCUT2D eigenvalue weighted by molar-refractivity contribution is -0.143. The quantitative estimate of drug-likeness (QED) is 0.925. The Hall–Kier alpha value is -1.01. The molecule has 0 aliphatic carbocycles. The van der Waals surface area contributed by atoms with Gasteiger partial charge in [0.1, 0.15) is 0 Å². The molecule has 1 N–H and O–H groups in total. The number of rotatable bonds is 4. The van der Waals surface area contributed by atoms with Crippen molar-refractivity contribution in [2.45, 2.75) is 12.6 Å². The molecule has 7 heteroatoms. The average Bonchev–Trinajstić information content (AvgIpc) is 2.73. The molecule has 1 fully saturated rings. The van der Waals surface area contributed by atoms with Gasteiger partial charge in [0, 0.05) is 25.5 Å². The van der Waals surface area contributed by atoms with E-state index in [9.17, 15) is 13.2 Å². The molecule has 0 amide bonds. The number of hydrogen-bond acceptors (Lipinski definition) is 3. The predicted octanol–water partition coefficient (Wildman–Crippen LogP) is 3.03. The Bertz CT molecular complexity index is 425. The van der Waals surface area contributed by atoms with Crippen LogP contribution in [-0.4, -0.2) is 42.2 Å². The Morgan fingerprint density at radius 1 is 1.47 bits per heavy atom. The molecule has 1 unspecified atom stereocenters. The molecule has 1 atom stereocenters. The SMILES string of the molecule is FC(F)(F)CN1CCC(CNc2ccncc2Cl)C1. The van der Waals surface area contributed by atoms with E-state index >= 15 is 0 Å². The summed E-state index contributed by atoms with van der Waals surface area (Å²) in [6.07, 6.45) is -0.185. The molecule has 0 aromatic carbocycles. The highest BCUT2D eigenvalue weighted by Gasteiger charge is 2.34. The molecule has 2 rings (SSSR count). The van der Waals surface area contributed by atoms with Crippen molar-refractivity contribution in [3.05, 3.63) is 23.5 Å². The summed E-state index contributed by atoms with van der Waals surface area (Å²) in [5.74, 6) is 0.214. The molecule has 1 aliphatic rings. The first-order valence-corrected chi connectivity index (χ1v) is 6.44. The van der Waals surface area contributed by atoms with Crippen molar-refractivity contribution in [2.24, 2.45) is 5.92 Å². The summed E-state index contributed by atoms with van der Waals surface area (Å²) < 4.78 is 36.8. The van der Waals surface area contributed by atoms with Gasteiger partial charge < -0.3 is 5.32 Å². The summed E-state index contributed by atoms with van der Waals surface area (Å²) in [5, 5.41) is 3.68. The first-order valence-electron chi connectivity index (χ1n) is 6.06. The summed E-state index contributed by atoms with van der Waals surface area (Å²) >= 11 is 5.94. The molecule has 1 saturated heterocycles. The summed E-state index contributed by atoms with van der Waals surface area (Å²) in [7, 11) is 0. The van der Waals surface area contributed by atoms with Crippen LogP contribution in [0.25, 0.3) is 0 Å². The zero-order valence-electron chi connectivity index (χ0n) is 10.3. The third-order valence-corrected chi connectivity index (χ3v) is 3.43. The second-order valence-electron chi connectivity index (χ2n) is 4.74. The molecule has 1 aromatic rings. The molecular formula is C12H15ClF3N3. The lowest BCUT2D eigenvalue weighted by Crippen LogP contribution is -2.33. The van der Waals surface area contributed by atoms with Crippen LogP contribution in [0.3, 0.4) is 0 Å². The van der Waals surface area contributed by atoms with E-state index in [1.807, 2.05) is 0 Å². The standard InChI is InChI=1S/C12H15ClF3N3/c13-10-6-17-3-1-11(10)18-5-9-2-4-19(7-9)8-12(14,15)16/h1,3,6,9H,2,4-5,7-8H2,(H,17,18). The zero-order chi connectivity index (χ0) is 13.9. The molecule has 0 spiro atoms. The minimum atomic E-state index is -4.11. The van der Waals surface area contributed by atoms with Gasteiger partial charge in [-0.15, -0.1) is 0 Å². The lowest BCUT2D eigenvalue weighted by Gasteiger charge is -2.18. The van der Waals surface area contributed by atoms with Crippen molar-refractivity contribution in [3.63, 3.8) is 0 Å². The minimum absolute atomic E-state index is 0.214. The number of nitrogens with zero attached hydrogens (tertiary/aromatic N) is 2. The Kier molecular flexibility index (Phi) is 4.52. The monoisotopic (exact) mass is 293 g/mol. The van der Waals surface area contributed by atoms with Gasteiger partial charge in [-0.25, -0.2) is 0 Å². The average molecular weight is 294 g/mol. The van der Waals surface area contributed by atoms with E-state index in [0.717, 1.165) is 12.1 Å². The fraction of sp³-hybridized carbons (Fsp3) is 0.583. The van der Waals surface area contributed by atoms with Crippen LogP contribution < -0.4 is 5.32 Å². The van der Waals surface area contributed by atoms with Gasteiger partial charge in [0.15, 0.2) is 0 Å². The topological polar surface area (TPSA) is 28.2 Å². The highest BCUT2D eigenvalue weighted by Crippen LogP contribution is 2.24. The molecule has 2 heterocycles. The largest absolute Gasteiger partial charge is 0.401 e. The van der Waals surface area contributed by atoms with Crippen molar-refractivity contribution in [1.82, 2.24) is 9.88 Å². The Morgan fingerprint density at radius 2 is 2.26 bits per heavy atom. The third-order valence-electron chi connectivity index (χ3n) is 3.13. The molecule has 3 nitrogen and oxygen atoms in total. The van der Waals surface area contributed by atoms with Crippen LogP contribution in [0.5, 0.6) is 0 Å². The molecule has 19 heavy (non-hydrogen) atoms. The van der Waals surface area contributed by atoms with Gasteiger partial charge in [0.05, 0.1) is 17.3 Å². The molecule has 106 valence electrons. The third kappa shape index (κ3) is 4.54. The van der Waals surface area contributed by atoms with E-state index in [2.05, 4.69) is 10.3 Å². The highest BCUT2D eigenvalue weighted by atomic mass is 35.5. The maximum atomic E-state index is 12.3. The van der Waals surface area contributed by atoms with Gasteiger partial charge in [-0.1, -0.05) is 11.6 Å². The normalized spacial score (nSPS) is 20.7. The maximum absolute atomic E-state index is 12.3. The van der Waals surface area contributed by atoms with Gasteiger partial charge in [-0.3, -0.25) is 9.88 Å². The minimum Gasteiger partial charge on any atom is -0.383 e. The number of pyridine rings is 1. The number of hydrogen-bond donors (Lipinski definition) is 1. The van der Waals surface area contributed by atoms with Crippen molar-refractivity contribution >= 4 is 17.3 Å². The zero-order valence-corrected chi connectivity index (χ0v) is 11.0. The van der Waals surface area contributed by atoms with Crippen molar-refractivity contribution < 1.29 is 13.2 Å². The van der Waals surface area contributed by atoms with Crippen molar-refractivity contribution in [1.29, 1.82) is 0 Å². The van der Waals surface area contributed by atoms with E-state index in [0.29, 0.717) is 24.7 Å². The van der Waals surface area contributed by atoms with Crippen molar-refractivity contribution in [3.8, 4) is 0 Å². The number of aromatic nitrogens is 1. The van der Waals surface area contributed by atoms with E-state index in [-0.39, 0.29) is 5.92 Å². The second-order valence-corrected chi connectivity index (χ2v) is 5.15. The predicted molar refractivity (Wildman–Crippen MR) is 68.3 cm³/mol. The van der Waals surface area contributed by atoms with Gasteiger partial charge in [0.25, 0.3) is 0 Å². The summed E-state index contributed by atoms with van der Waals surface area (Å²) in [5.41, 5.74) is 0.769. The summed E-state index contributed by atoms with van der Waals surface area (Å²) in [4.78, 5) is 5.32. The van der Waals surface area contributed by atoms with Crippen LogP contribution in [0.2, 0.25) is 5.02 Å². The number of halogens is 4. The van der Waals surface area contributed by atoms with Crippen molar-refractivity contribution in [2.75, 3.05) is 31.5 Å². The maximum Gasteiger partial charge on any atom is 0.401 e. The molecule has 1 aromatic heterocycles. The number of anilines is 1. The van der Waals surface area contributed by atoms with E-state index < -0.39 is 12.7 Å². The van der Waals surface area contributed by atoms with Gasteiger partial charge in [-0.2, -0.15) is 13.2 Å². The first-order chi connectivity index (χ1) is 8.94. The molecule has 1 aliphatic heterocycles. The van der Waals surface area contributed by atoms with Crippen LogP contribution in [0.15, 0.2) is 18.5 Å². The summed E-state index contributed by atoms with van der Waals surface area (Å²) in [6.45, 7) is 0.767. The Morgan fingerprint density at radius 3 is 2.95 bits per heavy atom. The smallest absolute Gasteiger partial charge is 0.383 e. The Balaban J connectivity index is 1.78. The van der Waals surface area contributed by atoms with E-state index in [4.69, 9.17) is 11.6 Å². The fourth-order valence-electron chi connectivity index (χ4n) is 2.25. The summed E-state index contributed by atoms with van der Waals surface area (Å²) in [6, 6.07) is 1.75. The Labute approximate surface area is 114 Å². The van der Waals surface area contributed by atoms with Crippen LogP contribution >= 0.6 is 11.6 Å². The number of likely N-dealkylation sites (tertiary alicyclic amines) is 1. The second kappa shape index (κ2) is 5.96.